The zero-order valence-electron chi connectivity index (χ0n) is 14.4. The van der Waals surface area contributed by atoms with E-state index in [1.807, 2.05) is 55.0 Å². The molecule has 0 aliphatic heterocycles. The van der Waals surface area contributed by atoms with Crippen molar-refractivity contribution >= 4 is 0 Å². The summed E-state index contributed by atoms with van der Waals surface area (Å²) < 4.78 is 5.78. The Morgan fingerprint density at radius 3 is 2.04 bits per heavy atom. The largest absolute Gasteiger partial charge is 0.487 e. The Labute approximate surface area is 153 Å². The summed E-state index contributed by atoms with van der Waals surface area (Å²) in [6, 6.07) is 25.1. The van der Waals surface area contributed by atoms with Crippen LogP contribution in [-0.4, -0.2) is 9.97 Å². The van der Waals surface area contributed by atoms with Gasteiger partial charge in [-0.3, -0.25) is 4.98 Å². The van der Waals surface area contributed by atoms with Crippen LogP contribution in [0.2, 0.25) is 0 Å². The molecule has 3 nitrogen and oxygen atoms in total. The van der Waals surface area contributed by atoms with Gasteiger partial charge in [-0.25, -0.2) is 0 Å². The van der Waals surface area contributed by atoms with Gasteiger partial charge in [0, 0.05) is 18.6 Å². The number of benzene rings is 2. The summed E-state index contributed by atoms with van der Waals surface area (Å²) in [5.74, 6) is 0.886. The highest BCUT2D eigenvalue weighted by Gasteiger charge is 2.01. The molecule has 2 aromatic heterocycles. The Balaban J connectivity index is 1.38. The van der Waals surface area contributed by atoms with Crippen LogP contribution in [0, 0.1) is 0 Å². The number of rotatable bonds is 6. The molecule has 3 heteroatoms. The van der Waals surface area contributed by atoms with Gasteiger partial charge in [0.2, 0.25) is 0 Å². The molecular formula is C23H20N2O. The zero-order chi connectivity index (χ0) is 17.6. The Bertz CT molecular complexity index is 928. The lowest BCUT2D eigenvalue weighted by molar-refractivity contribution is 0.302. The SMILES string of the molecule is c1c[nH]c(COc2ccc(Cc3ccc(-c4ccncc4)cc3)cc2)c1. The third-order valence-electron chi connectivity index (χ3n) is 4.36. The molecule has 0 fully saturated rings. The highest BCUT2D eigenvalue weighted by atomic mass is 16.5. The number of aromatic nitrogens is 2. The Morgan fingerprint density at radius 1 is 0.731 bits per heavy atom. The first kappa shape index (κ1) is 16.2. The summed E-state index contributed by atoms with van der Waals surface area (Å²) in [7, 11) is 0. The Hall–Kier alpha value is -3.33. The molecule has 4 aromatic rings. The van der Waals surface area contributed by atoms with E-state index in [2.05, 4.69) is 46.4 Å². The number of hydrogen-bond donors (Lipinski definition) is 1. The number of ether oxygens (including phenoxy) is 1. The fraction of sp³-hybridized carbons (Fsp3) is 0.0870. The summed E-state index contributed by atoms with van der Waals surface area (Å²) in [5, 5.41) is 0. The molecule has 0 amide bonds. The zero-order valence-corrected chi connectivity index (χ0v) is 14.4. The van der Waals surface area contributed by atoms with Crippen molar-refractivity contribution in [3.63, 3.8) is 0 Å². The molecule has 0 radical (unpaired) electrons. The van der Waals surface area contributed by atoms with Crippen LogP contribution >= 0.6 is 0 Å². The molecule has 0 bridgehead atoms. The minimum absolute atomic E-state index is 0.558. The number of nitrogens with one attached hydrogen (secondary N) is 1. The van der Waals surface area contributed by atoms with Crippen molar-refractivity contribution < 1.29 is 4.74 Å². The lowest BCUT2D eigenvalue weighted by atomic mass is 10.0. The average molecular weight is 340 g/mol. The van der Waals surface area contributed by atoms with E-state index in [0.29, 0.717) is 6.61 Å². The summed E-state index contributed by atoms with van der Waals surface area (Å²) in [6.45, 7) is 0.558. The standard InChI is InChI=1S/C23H20N2O/c1-2-22(25-13-1)17-26-23-9-5-19(6-10-23)16-18-3-7-20(8-4-18)21-11-14-24-15-12-21/h1-15,25H,16-17H2. The molecule has 0 spiro atoms. The lowest BCUT2D eigenvalue weighted by Gasteiger charge is -2.07. The normalized spacial score (nSPS) is 10.6. The number of aromatic amines is 1. The van der Waals surface area contributed by atoms with Gasteiger partial charge in [-0.05, 0) is 65.1 Å². The second kappa shape index (κ2) is 7.70. The molecule has 0 atom stereocenters. The molecule has 0 saturated carbocycles. The lowest BCUT2D eigenvalue weighted by Crippen LogP contribution is -1.95. The molecule has 128 valence electrons. The van der Waals surface area contributed by atoms with E-state index in [1.165, 1.54) is 22.3 Å². The van der Waals surface area contributed by atoms with Crippen molar-refractivity contribution in [1.82, 2.24) is 9.97 Å². The van der Waals surface area contributed by atoms with Crippen molar-refractivity contribution in [1.29, 1.82) is 0 Å². The van der Waals surface area contributed by atoms with Crippen LogP contribution in [-0.2, 0) is 13.0 Å². The van der Waals surface area contributed by atoms with Gasteiger partial charge in [-0.2, -0.15) is 0 Å². The third-order valence-corrected chi connectivity index (χ3v) is 4.36. The molecule has 1 N–H and O–H groups in total. The fourth-order valence-corrected chi connectivity index (χ4v) is 2.92. The summed E-state index contributed by atoms with van der Waals surface area (Å²) in [6.07, 6.45) is 6.46. The van der Waals surface area contributed by atoms with E-state index in [-0.39, 0.29) is 0 Å². The van der Waals surface area contributed by atoms with Gasteiger partial charge in [-0.15, -0.1) is 0 Å². The number of H-pyrrole nitrogens is 1. The van der Waals surface area contributed by atoms with Crippen LogP contribution in [0.3, 0.4) is 0 Å². The molecule has 26 heavy (non-hydrogen) atoms. The first-order valence-electron chi connectivity index (χ1n) is 8.70. The quantitative estimate of drug-likeness (QED) is 0.521. The van der Waals surface area contributed by atoms with Crippen molar-refractivity contribution in [3.05, 3.63) is 108 Å². The van der Waals surface area contributed by atoms with Crippen molar-refractivity contribution in [2.24, 2.45) is 0 Å². The van der Waals surface area contributed by atoms with Crippen LogP contribution < -0.4 is 4.74 Å². The molecule has 2 heterocycles. The maximum absolute atomic E-state index is 5.78. The van der Waals surface area contributed by atoms with Gasteiger partial charge < -0.3 is 9.72 Å². The summed E-state index contributed by atoms with van der Waals surface area (Å²) >= 11 is 0. The van der Waals surface area contributed by atoms with Gasteiger partial charge in [-0.1, -0.05) is 36.4 Å². The van der Waals surface area contributed by atoms with Crippen molar-refractivity contribution in [2.45, 2.75) is 13.0 Å². The van der Waals surface area contributed by atoms with Crippen LogP contribution in [0.5, 0.6) is 5.75 Å². The Morgan fingerprint density at radius 2 is 1.38 bits per heavy atom. The highest BCUT2D eigenvalue weighted by Crippen LogP contribution is 2.21. The molecular weight excluding hydrogens is 320 g/mol. The van der Waals surface area contributed by atoms with E-state index in [9.17, 15) is 0 Å². The van der Waals surface area contributed by atoms with Crippen LogP contribution in [0.4, 0.5) is 0 Å². The van der Waals surface area contributed by atoms with E-state index in [4.69, 9.17) is 4.74 Å². The highest BCUT2D eigenvalue weighted by molar-refractivity contribution is 5.63. The van der Waals surface area contributed by atoms with Gasteiger partial charge in [0.05, 0.1) is 5.69 Å². The van der Waals surface area contributed by atoms with Gasteiger partial charge in [0.15, 0.2) is 0 Å². The summed E-state index contributed by atoms with van der Waals surface area (Å²) in [5.41, 5.74) is 6.04. The minimum atomic E-state index is 0.558. The van der Waals surface area contributed by atoms with Crippen LogP contribution in [0.1, 0.15) is 16.8 Å². The van der Waals surface area contributed by atoms with E-state index >= 15 is 0 Å². The molecule has 0 saturated heterocycles. The predicted molar refractivity (Wildman–Crippen MR) is 104 cm³/mol. The molecule has 2 aromatic carbocycles. The first-order valence-corrected chi connectivity index (χ1v) is 8.70. The minimum Gasteiger partial charge on any atom is -0.487 e. The maximum atomic E-state index is 5.78. The molecule has 0 aliphatic carbocycles. The third kappa shape index (κ3) is 4.01. The maximum Gasteiger partial charge on any atom is 0.128 e. The number of hydrogen-bond acceptors (Lipinski definition) is 2. The van der Waals surface area contributed by atoms with Crippen molar-refractivity contribution in [2.75, 3.05) is 0 Å². The fourth-order valence-electron chi connectivity index (χ4n) is 2.92. The van der Waals surface area contributed by atoms with E-state index < -0.39 is 0 Å². The number of nitrogens with zero attached hydrogens (tertiary/aromatic N) is 1. The number of pyridine rings is 1. The van der Waals surface area contributed by atoms with Gasteiger partial charge in [0.1, 0.15) is 12.4 Å². The second-order valence-electron chi connectivity index (χ2n) is 6.24. The topological polar surface area (TPSA) is 37.9 Å². The molecule has 0 unspecified atom stereocenters. The van der Waals surface area contributed by atoms with Crippen molar-refractivity contribution in [3.8, 4) is 16.9 Å². The molecule has 0 aliphatic rings. The average Bonchev–Trinajstić information content (AvgIpc) is 3.22. The monoisotopic (exact) mass is 340 g/mol. The predicted octanol–water partition coefficient (Wildman–Crippen LogP) is 5.25. The van der Waals surface area contributed by atoms with Gasteiger partial charge >= 0.3 is 0 Å². The Kier molecular flexibility index (Phi) is 4.79. The van der Waals surface area contributed by atoms with Crippen LogP contribution in [0.25, 0.3) is 11.1 Å². The first-order chi connectivity index (χ1) is 12.9. The van der Waals surface area contributed by atoms with E-state index in [0.717, 1.165) is 17.9 Å². The van der Waals surface area contributed by atoms with Gasteiger partial charge in [0.25, 0.3) is 0 Å². The van der Waals surface area contributed by atoms with E-state index in [1.54, 1.807) is 0 Å². The van der Waals surface area contributed by atoms with Crippen LogP contribution in [0.15, 0.2) is 91.4 Å². The second-order valence-corrected chi connectivity index (χ2v) is 6.24. The molecule has 4 rings (SSSR count). The smallest absolute Gasteiger partial charge is 0.128 e. The summed E-state index contributed by atoms with van der Waals surface area (Å²) in [4.78, 5) is 7.21.